The van der Waals surface area contributed by atoms with Crippen LogP contribution >= 0.6 is 23.4 Å². The van der Waals surface area contributed by atoms with Crippen molar-refractivity contribution in [1.29, 1.82) is 0 Å². The lowest BCUT2D eigenvalue weighted by molar-refractivity contribution is 1.36. The average Bonchev–Trinajstić information content (AvgIpc) is 2.30. The van der Waals surface area contributed by atoms with Gasteiger partial charge in [0.1, 0.15) is 0 Å². The Labute approximate surface area is 106 Å². The number of aryl methyl sites for hydroxylation is 1. The highest BCUT2D eigenvalue weighted by atomic mass is 35.5. The molecule has 0 radical (unpaired) electrons. The molecule has 2 heteroatoms. The van der Waals surface area contributed by atoms with Crippen molar-refractivity contribution >= 4 is 23.4 Å². The van der Waals surface area contributed by atoms with Gasteiger partial charge in [-0.25, -0.2) is 0 Å². The van der Waals surface area contributed by atoms with Crippen LogP contribution in [0, 0.1) is 6.92 Å². The van der Waals surface area contributed by atoms with E-state index < -0.39 is 0 Å². The maximum atomic E-state index is 6.22. The summed E-state index contributed by atoms with van der Waals surface area (Å²) in [6, 6.07) is 14.4. The zero-order valence-corrected chi connectivity index (χ0v) is 10.9. The Hall–Kier alpha value is -0.920. The molecule has 0 fully saturated rings. The molecule has 0 amide bonds. The summed E-state index contributed by atoms with van der Waals surface area (Å²) in [7, 11) is 0. The zero-order valence-electron chi connectivity index (χ0n) is 9.33. The summed E-state index contributed by atoms with van der Waals surface area (Å²) >= 11 is 7.97. The van der Waals surface area contributed by atoms with Gasteiger partial charge in [-0.15, -0.1) is 11.8 Å². The van der Waals surface area contributed by atoms with E-state index in [1.807, 2.05) is 18.2 Å². The van der Waals surface area contributed by atoms with Crippen LogP contribution < -0.4 is 0 Å². The fourth-order valence-electron chi connectivity index (χ4n) is 1.70. The Morgan fingerprint density at radius 1 is 1.00 bits per heavy atom. The normalized spacial score (nSPS) is 10.4. The standard InChI is InChI=1S/C14H13ClS/c1-10-7-8-12(14(9-10)16-2)11-5-3-4-6-13(11)15/h3-9H,1-2H3. The summed E-state index contributed by atoms with van der Waals surface area (Å²) in [5.41, 5.74) is 3.59. The van der Waals surface area contributed by atoms with E-state index in [1.54, 1.807) is 11.8 Å². The third-order valence-electron chi connectivity index (χ3n) is 2.52. The van der Waals surface area contributed by atoms with Crippen LogP contribution in [0.25, 0.3) is 11.1 Å². The second-order valence-electron chi connectivity index (χ2n) is 3.68. The highest BCUT2D eigenvalue weighted by Gasteiger charge is 2.07. The number of benzene rings is 2. The topological polar surface area (TPSA) is 0 Å². The monoisotopic (exact) mass is 248 g/mol. The molecule has 0 spiro atoms. The van der Waals surface area contributed by atoms with Crippen LogP contribution in [0.15, 0.2) is 47.4 Å². The van der Waals surface area contributed by atoms with Crippen molar-refractivity contribution in [1.82, 2.24) is 0 Å². The predicted molar refractivity (Wildman–Crippen MR) is 73.4 cm³/mol. The molecule has 0 heterocycles. The van der Waals surface area contributed by atoms with Crippen LogP contribution in [0.3, 0.4) is 0 Å². The van der Waals surface area contributed by atoms with Gasteiger partial charge in [-0.1, -0.05) is 41.9 Å². The predicted octanol–water partition coefficient (Wildman–Crippen LogP) is 5.04. The first kappa shape index (κ1) is 11.6. The van der Waals surface area contributed by atoms with E-state index in [2.05, 4.69) is 37.4 Å². The Morgan fingerprint density at radius 3 is 2.44 bits per heavy atom. The van der Waals surface area contributed by atoms with E-state index in [-0.39, 0.29) is 0 Å². The zero-order chi connectivity index (χ0) is 11.5. The number of thioether (sulfide) groups is 1. The summed E-state index contributed by atoms with van der Waals surface area (Å²) in [6.45, 7) is 2.11. The number of halogens is 1. The van der Waals surface area contributed by atoms with Gasteiger partial charge in [0, 0.05) is 15.5 Å². The first-order valence-corrected chi connectivity index (χ1v) is 6.72. The molecule has 2 aromatic carbocycles. The minimum atomic E-state index is 0.807. The minimum Gasteiger partial charge on any atom is -0.129 e. The van der Waals surface area contributed by atoms with Crippen molar-refractivity contribution < 1.29 is 0 Å². The molecule has 2 aromatic rings. The molecule has 0 N–H and O–H groups in total. The molecule has 0 atom stereocenters. The minimum absolute atomic E-state index is 0.807. The van der Waals surface area contributed by atoms with Crippen molar-refractivity contribution in [3.8, 4) is 11.1 Å². The molecule has 0 aliphatic heterocycles. The summed E-state index contributed by atoms with van der Waals surface area (Å²) in [6.07, 6.45) is 2.09. The average molecular weight is 249 g/mol. The molecular weight excluding hydrogens is 236 g/mol. The van der Waals surface area contributed by atoms with Gasteiger partial charge in [0.2, 0.25) is 0 Å². The van der Waals surface area contributed by atoms with Gasteiger partial charge in [0.25, 0.3) is 0 Å². The lowest BCUT2D eigenvalue weighted by Crippen LogP contribution is -1.84. The van der Waals surface area contributed by atoms with E-state index in [9.17, 15) is 0 Å². The van der Waals surface area contributed by atoms with E-state index in [0.29, 0.717) is 0 Å². The first-order chi connectivity index (χ1) is 7.72. The van der Waals surface area contributed by atoms with Crippen LogP contribution in [-0.2, 0) is 0 Å². The van der Waals surface area contributed by atoms with Gasteiger partial charge in [-0.3, -0.25) is 0 Å². The fraction of sp³-hybridized carbons (Fsp3) is 0.143. The quantitative estimate of drug-likeness (QED) is 0.671. The fourth-order valence-corrected chi connectivity index (χ4v) is 2.64. The molecule has 0 aliphatic carbocycles. The van der Waals surface area contributed by atoms with Crippen LogP contribution in [-0.4, -0.2) is 6.26 Å². The number of hydrogen-bond donors (Lipinski definition) is 0. The molecule has 0 aromatic heterocycles. The third-order valence-corrected chi connectivity index (χ3v) is 3.63. The van der Waals surface area contributed by atoms with Gasteiger partial charge in [-0.05, 0) is 36.4 Å². The lowest BCUT2D eigenvalue weighted by atomic mass is 10.0. The van der Waals surface area contributed by atoms with Gasteiger partial charge in [-0.2, -0.15) is 0 Å². The van der Waals surface area contributed by atoms with Crippen molar-refractivity contribution in [2.24, 2.45) is 0 Å². The summed E-state index contributed by atoms with van der Waals surface area (Å²) in [5.74, 6) is 0. The SMILES string of the molecule is CSc1cc(C)ccc1-c1ccccc1Cl. The summed E-state index contributed by atoms with van der Waals surface area (Å²) < 4.78 is 0. The Kier molecular flexibility index (Phi) is 3.57. The van der Waals surface area contributed by atoms with Gasteiger partial charge < -0.3 is 0 Å². The van der Waals surface area contributed by atoms with E-state index in [0.717, 1.165) is 10.6 Å². The van der Waals surface area contributed by atoms with E-state index in [1.165, 1.54) is 16.0 Å². The second-order valence-corrected chi connectivity index (χ2v) is 4.94. The van der Waals surface area contributed by atoms with Gasteiger partial charge in [0.05, 0.1) is 0 Å². The first-order valence-electron chi connectivity index (χ1n) is 5.12. The highest BCUT2D eigenvalue weighted by Crippen LogP contribution is 2.34. The van der Waals surface area contributed by atoms with E-state index >= 15 is 0 Å². The largest absolute Gasteiger partial charge is 0.129 e. The molecule has 0 bridgehead atoms. The van der Waals surface area contributed by atoms with Crippen LogP contribution in [0.2, 0.25) is 5.02 Å². The Morgan fingerprint density at radius 2 is 1.75 bits per heavy atom. The van der Waals surface area contributed by atoms with Gasteiger partial charge in [0.15, 0.2) is 0 Å². The van der Waals surface area contributed by atoms with Gasteiger partial charge >= 0.3 is 0 Å². The molecule has 0 saturated heterocycles. The Bertz CT molecular complexity index is 506. The molecule has 0 nitrogen and oxygen atoms in total. The molecule has 2 rings (SSSR count). The number of rotatable bonds is 2. The molecule has 0 unspecified atom stereocenters. The van der Waals surface area contributed by atoms with Crippen molar-refractivity contribution in [3.63, 3.8) is 0 Å². The summed E-state index contributed by atoms with van der Waals surface area (Å²) in [4.78, 5) is 1.27. The Balaban J connectivity index is 2.60. The second kappa shape index (κ2) is 4.94. The summed E-state index contributed by atoms with van der Waals surface area (Å²) in [5, 5.41) is 0.807. The maximum Gasteiger partial charge on any atom is 0.0484 e. The molecule has 0 aliphatic rings. The molecule has 0 saturated carbocycles. The van der Waals surface area contributed by atoms with Crippen LogP contribution in [0.1, 0.15) is 5.56 Å². The molecular formula is C14H13ClS. The number of hydrogen-bond acceptors (Lipinski definition) is 1. The molecule has 82 valence electrons. The maximum absolute atomic E-state index is 6.22. The van der Waals surface area contributed by atoms with Crippen molar-refractivity contribution in [2.75, 3.05) is 6.26 Å². The molecule has 16 heavy (non-hydrogen) atoms. The van der Waals surface area contributed by atoms with E-state index in [4.69, 9.17) is 11.6 Å². The third kappa shape index (κ3) is 2.26. The van der Waals surface area contributed by atoms with Crippen molar-refractivity contribution in [3.05, 3.63) is 53.1 Å². The van der Waals surface area contributed by atoms with Crippen molar-refractivity contribution in [2.45, 2.75) is 11.8 Å². The van der Waals surface area contributed by atoms with Crippen LogP contribution in [0.4, 0.5) is 0 Å². The van der Waals surface area contributed by atoms with Crippen LogP contribution in [0.5, 0.6) is 0 Å². The smallest absolute Gasteiger partial charge is 0.0484 e. The highest BCUT2D eigenvalue weighted by molar-refractivity contribution is 7.98. The lowest BCUT2D eigenvalue weighted by Gasteiger charge is -2.10.